The van der Waals surface area contributed by atoms with E-state index >= 15 is 4.39 Å². The second-order valence-corrected chi connectivity index (χ2v) is 9.88. The van der Waals surface area contributed by atoms with Gasteiger partial charge < -0.3 is 9.30 Å². The number of alkyl halides is 3. The highest BCUT2D eigenvalue weighted by atomic mass is 19.4. The van der Waals surface area contributed by atoms with E-state index in [9.17, 15) is 18.0 Å². The molecule has 0 spiro atoms. The fourth-order valence-electron chi connectivity index (χ4n) is 4.83. The molecule has 4 aromatic rings. The van der Waals surface area contributed by atoms with Crippen molar-refractivity contribution in [2.24, 2.45) is 7.05 Å². The lowest BCUT2D eigenvalue weighted by molar-refractivity contribution is -0.137. The summed E-state index contributed by atoms with van der Waals surface area (Å²) < 4.78 is 64.1. The first-order valence-electron chi connectivity index (χ1n) is 12.4. The molecule has 1 atom stereocenters. The van der Waals surface area contributed by atoms with E-state index in [0.717, 1.165) is 36.1 Å². The van der Waals surface area contributed by atoms with Gasteiger partial charge in [0.15, 0.2) is 0 Å². The molecule has 1 aromatic carbocycles. The standard InChI is InChI=1S/C28H24F4N4O2/c1-15-9-21-22(27(37)35(15)2)12-24(34-26(21)20-6-3-18(11-23(20)29)28(30,31)32)16-7-8-38-25(10-16)17-13-33-36(14-17)19-4-5-19/h3,6,9-14,19,25H,4-5,7-8H2,1-2H3/t25-/m1/s1. The summed E-state index contributed by atoms with van der Waals surface area (Å²) in [4.78, 5) is 18.0. The molecule has 6 rings (SSSR count). The summed E-state index contributed by atoms with van der Waals surface area (Å²) in [5.41, 5.74) is 1.40. The van der Waals surface area contributed by atoms with Crippen LogP contribution in [0.15, 0.2) is 53.6 Å². The maximum atomic E-state index is 15.1. The van der Waals surface area contributed by atoms with E-state index < -0.39 is 17.6 Å². The molecule has 196 valence electrons. The van der Waals surface area contributed by atoms with E-state index in [4.69, 9.17) is 9.72 Å². The number of aromatic nitrogens is 4. The van der Waals surface area contributed by atoms with Gasteiger partial charge in [-0.25, -0.2) is 9.37 Å². The van der Waals surface area contributed by atoms with Crippen molar-refractivity contribution in [2.75, 3.05) is 6.61 Å². The number of ether oxygens (including phenoxy) is 1. The Morgan fingerprint density at radius 3 is 2.61 bits per heavy atom. The van der Waals surface area contributed by atoms with E-state index in [1.807, 2.05) is 17.0 Å². The van der Waals surface area contributed by atoms with Crippen molar-refractivity contribution >= 4 is 16.3 Å². The predicted molar refractivity (Wildman–Crippen MR) is 134 cm³/mol. The van der Waals surface area contributed by atoms with Gasteiger partial charge in [-0.3, -0.25) is 9.48 Å². The van der Waals surface area contributed by atoms with Gasteiger partial charge in [0, 0.05) is 35.5 Å². The number of halogens is 4. The zero-order chi connectivity index (χ0) is 26.8. The lowest BCUT2D eigenvalue weighted by Gasteiger charge is -2.22. The Kier molecular flexibility index (Phi) is 5.75. The minimum atomic E-state index is -4.68. The topological polar surface area (TPSA) is 61.9 Å². The summed E-state index contributed by atoms with van der Waals surface area (Å²) >= 11 is 0. The minimum Gasteiger partial charge on any atom is -0.369 e. The van der Waals surface area contributed by atoms with Crippen LogP contribution in [0.3, 0.4) is 0 Å². The molecule has 1 aliphatic heterocycles. The molecule has 0 saturated heterocycles. The molecule has 1 fully saturated rings. The van der Waals surface area contributed by atoms with E-state index in [-0.39, 0.29) is 22.9 Å². The maximum Gasteiger partial charge on any atom is 0.416 e. The number of fused-ring (bicyclic) bond motifs is 1. The maximum absolute atomic E-state index is 15.1. The first-order chi connectivity index (χ1) is 18.1. The van der Waals surface area contributed by atoms with Crippen LogP contribution in [0, 0.1) is 12.7 Å². The van der Waals surface area contributed by atoms with Crippen molar-refractivity contribution in [1.29, 1.82) is 0 Å². The lowest BCUT2D eigenvalue weighted by atomic mass is 9.97. The molecule has 2 aliphatic rings. The van der Waals surface area contributed by atoms with Gasteiger partial charge in [-0.05, 0) is 68.2 Å². The van der Waals surface area contributed by atoms with Gasteiger partial charge in [0.2, 0.25) is 0 Å². The van der Waals surface area contributed by atoms with Crippen molar-refractivity contribution in [3.05, 3.63) is 87.5 Å². The van der Waals surface area contributed by atoms with Crippen molar-refractivity contribution < 1.29 is 22.3 Å². The molecule has 0 unspecified atom stereocenters. The second-order valence-electron chi connectivity index (χ2n) is 9.88. The summed E-state index contributed by atoms with van der Waals surface area (Å²) in [5.74, 6) is -1.06. The van der Waals surface area contributed by atoms with E-state index in [1.165, 1.54) is 4.57 Å². The number of hydrogen-bond donors (Lipinski definition) is 0. The molecule has 1 aliphatic carbocycles. The molecule has 10 heteroatoms. The van der Waals surface area contributed by atoms with Crippen LogP contribution < -0.4 is 5.56 Å². The Morgan fingerprint density at radius 2 is 1.89 bits per heavy atom. The Morgan fingerprint density at radius 1 is 1.11 bits per heavy atom. The molecule has 6 nitrogen and oxygen atoms in total. The van der Waals surface area contributed by atoms with E-state index in [2.05, 4.69) is 5.10 Å². The number of hydrogen-bond acceptors (Lipinski definition) is 4. The smallest absolute Gasteiger partial charge is 0.369 e. The number of nitrogens with zero attached hydrogens (tertiary/aromatic N) is 4. The zero-order valence-corrected chi connectivity index (χ0v) is 20.7. The van der Waals surface area contributed by atoms with Crippen LogP contribution in [-0.4, -0.2) is 25.9 Å². The Balaban J connectivity index is 1.51. The number of aryl methyl sites for hydroxylation is 1. The molecule has 1 saturated carbocycles. The molecule has 0 radical (unpaired) electrons. The molecule has 38 heavy (non-hydrogen) atoms. The van der Waals surface area contributed by atoms with Crippen LogP contribution in [0.1, 0.15) is 53.9 Å². The third kappa shape index (κ3) is 4.32. The average Bonchev–Trinajstić information content (AvgIpc) is 3.63. The van der Waals surface area contributed by atoms with Crippen molar-refractivity contribution in [1.82, 2.24) is 19.3 Å². The highest BCUT2D eigenvalue weighted by Crippen LogP contribution is 2.38. The number of rotatable bonds is 4. The molecular formula is C28H24F4N4O2. The predicted octanol–water partition coefficient (Wildman–Crippen LogP) is 6.14. The molecular weight excluding hydrogens is 500 g/mol. The van der Waals surface area contributed by atoms with Crippen LogP contribution in [0.25, 0.3) is 27.6 Å². The minimum absolute atomic E-state index is 0.104. The summed E-state index contributed by atoms with van der Waals surface area (Å²) in [6, 6.07) is 6.17. The largest absolute Gasteiger partial charge is 0.416 e. The summed E-state index contributed by atoms with van der Waals surface area (Å²) in [6.07, 6.45) is 3.33. The van der Waals surface area contributed by atoms with Gasteiger partial charge in [0.1, 0.15) is 11.9 Å². The summed E-state index contributed by atoms with van der Waals surface area (Å²) in [5, 5.41) is 5.12. The Hall–Kier alpha value is -3.79. The molecule has 3 aromatic heterocycles. The SMILES string of the molecule is Cc1cc2c(-c3ccc(C(F)(F)F)cc3F)nc(C3=C[C@H](c4cnn(C5CC5)c4)OCC3)cc2c(=O)n1C. The lowest BCUT2D eigenvalue weighted by Crippen LogP contribution is -2.20. The van der Waals surface area contributed by atoms with Crippen molar-refractivity contribution in [3.8, 4) is 11.3 Å². The van der Waals surface area contributed by atoms with Gasteiger partial charge in [-0.1, -0.05) is 0 Å². The van der Waals surface area contributed by atoms with Gasteiger partial charge >= 0.3 is 6.18 Å². The molecule has 4 heterocycles. The third-order valence-corrected chi connectivity index (χ3v) is 7.25. The fraction of sp³-hybridized carbons (Fsp3) is 0.321. The monoisotopic (exact) mass is 524 g/mol. The van der Waals surface area contributed by atoms with Crippen LogP contribution in [-0.2, 0) is 18.0 Å². The first kappa shape index (κ1) is 24.5. The van der Waals surface area contributed by atoms with Gasteiger partial charge in [0.05, 0.1) is 41.2 Å². The first-order valence-corrected chi connectivity index (χ1v) is 12.4. The summed E-state index contributed by atoms with van der Waals surface area (Å²) in [6.45, 7) is 2.13. The number of pyridine rings is 2. The highest BCUT2D eigenvalue weighted by molar-refractivity contribution is 5.96. The van der Waals surface area contributed by atoms with Gasteiger partial charge in [-0.15, -0.1) is 0 Å². The third-order valence-electron chi connectivity index (χ3n) is 7.25. The van der Waals surface area contributed by atoms with Crippen LogP contribution in [0.4, 0.5) is 17.6 Å². The van der Waals surface area contributed by atoms with Crippen molar-refractivity contribution in [2.45, 2.75) is 44.5 Å². The van der Waals surface area contributed by atoms with Crippen molar-refractivity contribution in [3.63, 3.8) is 0 Å². The van der Waals surface area contributed by atoms with Crippen LogP contribution in [0.2, 0.25) is 0 Å². The number of benzene rings is 1. The van der Waals surface area contributed by atoms with Gasteiger partial charge in [0.25, 0.3) is 5.56 Å². The Bertz CT molecular complexity index is 1660. The molecule has 0 N–H and O–H groups in total. The zero-order valence-electron chi connectivity index (χ0n) is 20.7. The average molecular weight is 525 g/mol. The van der Waals surface area contributed by atoms with E-state index in [1.54, 1.807) is 32.3 Å². The van der Waals surface area contributed by atoms with E-state index in [0.29, 0.717) is 47.3 Å². The summed E-state index contributed by atoms with van der Waals surface area (Å²) in [7, 11) is 1.64. The second kappa shape index (κ2) is 8.90. The Labute approximate surface area is 215 Å². The highest BCUT2D eigenvalue weighted by Gasteiger charge is 2.32. The molecule has 0 bridgehead atoms. The van der Waals surface area contributed by atoms with Gasteiger partial charge in [-0.2, -0.15) is 18.3 Å². The molecule has 0 amide bonds. The van der Waals surface area contributed by atoms with Crippen LogP contribution >= 0.6 is 0 Å². The van der Waals surface area contributed by atoms with Crippen LogP contribution in [0.5, 0.6) is 0 Å². The fourth-order valence-corrected chi connectivity index (χ4v) is 4.83. The normalized spacial score (nSPS) is 18.2. The quantitative estimate of drug-likeness (QED) is 0.301.